The molecule has 6 N–H and O–H groups in total. The predicted molar refractivity (Wildman–Crippen MR) is 156 cm³/mol. The number of piperidine rings is 1. The smallest absolute Gasteiger partial charge is 0.237 e. The Bertz CT molecular complexity index is 865. The van der Waals surface area contributed by atoms with Gasteiger partial charge in [0.1, 0.15) is 6.29 Å². The molecule has 42 heavy (non-hydrogen) atoms. The van der Waals surface area contributed by atoms with E-state index in [2.05, 4.69) is 36.4 Å². The van der Waals surface area contributed by atoms with Crippen LogP contribution in [0.2, 0.25) is 0 Å². The molecule has 0 bridgehead atoms. The first-order valence-electron chi connectivity index (χ1n) is 16.0. The molecule has 6 fully saturated rings. The van der Waals surface area contributed by atoms with Crippen LogP contribution in [0.4, 0.5) is 0 Å². The van der Waals surface area contributed by atoms with E-state index in [1.807, 2.05) is 0 Å². The second kappa shape index (κ2) is 15.1. The number of aliphatic hydroxyl groups is 1. The number of carbonyl (C=O) groups is 1. The summed E-state index contributed by atoms with van der Waals surface area (Å²) in [7, 11) is 0. The summed E-state index contributed by atoms with van der Waals surface area (Å²) in [6.07, 6.45) is 3.09. The summed E-state index contributed by atoms with van der Waals surface area (Å²) < 4.78 is 22.6. The molecule has 14 heteroatoms. The van der Waals surface area contributed by atoms with Crippen LogP contribution in [0.5, 0.6) is 0 Å². The zero-order valence-corrected chi connectivity index (χ0v) is 25.3. The van der Waals surface area contributed by atoms with Gasteiger partial charge in [0.15, 0.2) is 0 Å². The van der Waals surface area contributed by atoms with Crippen molar-refractivity contribution in [3.8, 4) is 0 Å². The highest BCUT2D eigenvalue weighted by atomic mass is 35.5. The Morgan fingerprint density at radius 2 is 1.98 bits per heavy atom. The molecule has 240 valence electrons. The Kier molecular flexibility index (Phi) is 11.2. The van der Waals surface area contributed by atoms with Crippen LogP contribution < -0.4 is 26.6 Å². The van der Waals surface area contributed by atoms with Gasteiger partial charge in [-0.05, 0) is 37.6 Å². The van der Waals surface area contributed by atoms with Crippen molar-refractivity contribution >= 4 is 17.5 Å². The van der Waals surface area contributed by atoms with Crippen LogP contribution in [0, 0.1) is 11.8 Å². The van der Waals surface area contributed by atoms with E-state index < -0.39 is 6.10 Å². The number of morpholine rings is 1. The first kappa shape index (κ1) is 31.3. The van der Waals surface area contributed by atoms with Crippen LogP contribution in [0.1, 0.15) is 25.7 Å². The number of ether oxygens (including phenoxy) is 4. The highest BCUT2D eigenvalue weighted by Gasteiger charge is 2.42. The van der Waals surface area contributed by atoms with Gasteiger partial charge < -0.3 is 34.3 Å². The number of halogens is 1. The number of carbonyl (C=O) groups excluding carboxylic acids is 1. The number of likely N-dealkylation sites (tertiary alicyclic amines) is 1. The zero-order chi connectivity index (χ0) is 28.9. The lowest BCUT2D eigenvalue weighted by Crippen LogP contribution is -2.72. The summed E-state index contributed by atoms with van der Waals surface area (Å²) in [5, 5.41) is 27.8. The van der Waals surface area contributed by atoms with Gasteiger partial charge in [-0.15, -0.1) is 11.6 Å². The van der Waals surface area contributed by atoms with Crippen molar-refractivity contribution in [3.05, 3.63) is 0 Å². The number of aliphatic hydroxyl groups excluding tert-OH is 1. The normalized spacial score (nSPS) is 39.4. The van der Waals surface area contributed by atoms with Crippen molar-refractivity contribution in [1.29, 1.82) is 0 Å². The number of β-amino-alcohol motifs (C(OH)–C–C–N with tert-alkyl or cyclic N) is 1. The molecule has 1 amide bonds. The molecular formula is C28H50ClN7O6. The Labute approximate surface area is 254 Å². The number of hydrogen-bond acceptors (Lipinski definition) is 12. The van der Waals surface area contributed by atoms with Gasteiger partial charge in [-0.3, -0.25) is 31.0 Å². The molecule has 0 aromatic heterocycles. The first-order valence-corrected chi connectivity index (χ1v) is 16.4. The monoisotopic (exact) mass is 615 g/mol. The van der Waals surface area contributed by atoms with E-state index in [0.29, 0.717) is 70.6 Å². The van der Waals surface area contributed by atoms with Crippen LogP contribution in [-0.2, 0) is 23.7 Å². The van der Waals surface area contributed by atoms with E-state index in [-0.39, 0.29) is 48.5 Å². The van der Waals surface area contributed by atoms with Crippen LogP contribution >= 0.6 is 11.6 Å². The number of alkyl halides is 1. The summed E-state index contributed by atoms with van der Waals surface area (Å²) in [5.74, 6) is 0.861. The van der Waals surface area contributed by atoms with Crippen molar-refractivity contribution in [2.45, 2.75) is 73.9 Å². The number of hydrogen-bond donors (Lipinski definition) is 6. The second-order valence-electron chi connectivity index (χ2n) is 12.8. The number of rotatable bonds is 11. The third kappa shape index (κ3) is 8.12. The van der Waals surface area contributed by atoms with Crippen molar-refractivity contribution < 1.29 is 28.8 Å². The van der Waals surface area contributed by atoms with E-state index in [9.17, 15) is 9.90 Å². The number of fused-ring (bicyclic) bond motifs is 1. The van der Waals surface area contributed by atoms with E-state index in [0.717, 1.165) is 52.0 Å². The number of nitrogens with one attached hydrogen (secondary N) is 5. The third-order valence-electron chi connectivity index (χ3n) is 9.72. The summed E-state index contributed by atoms with van der Waals surface area (Å²) in [6.45, 7) is 9.00. The van der Waals surface area contributed by atoms with Crippen molar-refractivity contribution in [3.63, 3.8) is 0 Å². The van der Waals surface area contributed by atoms with Crippen LogP contribution in [0.15, 0.2) is 0 Å². The molecule has 0 radical (unpaired) electrons. The van der Waals surface area contributed by atoms with Gasteiger partial charge in [0.05, 0.1) is 81.7 Å². The van der Waals surface area contributed by atoms with Crippen LogP contribution in [0.25, 0.3) is 0 Å². The fourth-order valence-corrected chi connectivity index (χ4v) is 7.80. The molecule has 9 atom stereocenters. The molecule has 13 nitrogen and oxygen atoms in total. The van der Waals surface area contributed by atoms with Crippen molar-refractivity contribution in [2.24, 2.45) is 11.8 Å². The lowest BCUT2D eigenvalue weighted by Gasteiger charge is -2.46. The van der Waals surface area contributed by atoms with Crippen LogP contribution in [-0.4, -0.2) is 155 Å². The van der Waals surface area contributed by atoms with Crippen LogP contribution in [0.3, 0.4) is 0 Å². The second-order valence-corrected chi connectivity index (χ2v) is 13.3. The van der Waals surface area contributed by atoms with Gasteiger partial charge in [-0.1, -0.05) is 0 Å². The minimum Gasteiger partial charge on any atom is -0.390 e. The SMILES string of the molecule is O=C(NC[C@H](O)CN1CCC2C(CCC(OCC3CNCO3)C2Cl)C1)C1CC(NC2COC2)NC(N2CCOCC2)N1. The van der Waals surface area contributed by atoms with Gasteiger partial charge in [0, 0.05) is 45.7 Å². The summed E-state index contributed by atoms with van der Waals surface area (Å²) >= 11 is 6.94. The quantitative estimate of drug-likeness (QED) is 0.144. The minimum absolute atomic E-state index is 0.00531. The average molecular weight is 616 g/mol. The summed E-state index contributed by atoms with van der Waals surface area (Å²) in [5.41, 5.74) is 0. The molecule has 1 saturated carbocycles. The lowest BCUT2D eigenvalue weighted by atomic mass is 9.73. The topological polar surface area (TPSA) is 141 Å². The van der Waals surface area contributed by atoms with Gasteiger partial charge in [-0.25, -0.2) is 0 Å². The maximum absolute atomic E-state index is 13.3. The Hall–Kier alpha value is -0.680. The highest BCUT2D eigenvalue weighted by Crippen LogP contribution is 2.40. The molecule has 1 aliphatic carbocycles. The van der Waals surface area contributed by atoms with E-state index >= 15 is 0 Å². The minimum atomic E-state index is -0.630. The Morgan fingerprint density at radius 1 is 1.12 bits per heavy atom. The average Bonchev–Trinajstić information content (AvgIpc) is 3.51. The zero-order valence-electron chi connectivity index (χ0n) is 24.6. The fraction of sp³-hybridized carbons (Fsp3) is 0.964. The van der Waals surface area contributed by atoms with Gasteiger partial charge in [0.25, 0.3) is 0 Å². The number of nitrogens with zero attached hydrogens (tertiary/aromatic N) is 2. The molecular weight excluding hydrogens is 566 g/mol. The molecule has 0 aromatic rings. The van der Waals surface area contributed by atoms with Crippen molar-refractivity contribution in [1.82, 2.24) is 36.4 Å². The van der Waals surface area contributed by atoms with Gasteiger partial charge in [0.2, 0.25) is 5.91 Å². The Morgan fingerprint density at radius 3 is 2.74 bits per heavy atom. The lowest BCUT2D eigenvalue weighted by molar-refractivity contribution is -0.126. The van der Waals surface area contributed by atoms with E-state index in [1.165, 1.54) is 0 Å². The molecule has 5 heterocycles. The Balaban J connectivity index is 0.931. The van der Waals surface area contributed by atoms with Gasteiger partial charge >= 0.3 is 0 Å². The molecule has 6 aliphatic rings. The standard InChI is InChI=1S/C28H50ClN7O6/c29-26-22-3-4-35(12-18(22)1-2-24(26)41-16-21-11-30-17-42-21)13-20(37)10-31-27(38)23-9-25(32-19-14-40-15-19)34-28(33-23)36-5-7-39-8-6-36/h18-26,28,30,32-34,37H,1-17H2,(H,31,38)/t18?,20-,21?,22?,23?,24?,25?,26?,28?/m0/s1. The van der Waals surface area contributed by atoms with E-state index in [4.69, 9.17) is 30.5 Å². The van der Waals surface area contributed by atoms with E-state index in [1.54, 1.807) is 0 Å². The molecule has 0 spiro atoms. The molecule has 5 saturated heterocycles. The largest absolute Gasteiger partial charge is 0.390 e. The third-order valence-corrected chi connectivity index (χ3v) is 10.3. The van der Waals surface area contributed by atoms with Gasteiger partial charge in [-0.2, -0.15) is 0 Å². The molecule has 6 rings (SSSR count). The fourth-order valence-electron chi connectivity index (χ4n) is 7.27. The first-order chi connectivity index (χ1) is 20.5. The van der Waals surface area contributed by atoms with Crippen molar-refractivity contribution in [2.75, 3.05) is 85.6 Å². The summed E-state index contributed by atoms with van der Waals surface area (Å²) in [6, 6.07) is -0.0589. The molecule has 8 unspecified atom stereocenters. The summed E-state index contributed by atoms with van der Waals surface area (Å²) in [4.78, 5) is 17.9. The number of amides is 1. The highest BCUT2D eigenvalue weighted by molar-refractivity contribution is 6.21. The molecule has 5 aliphatic heterocycles. The molecule has 0 aromatic carbocycles. The maximum atomic E-state index is 13.3. The maximum Gasteiger partial charge on any atom is 0.237 e. The predicted octanol–water partition coefficient (Wildman–Crippen LogP) is -1.98.